The van der Waals surface area contributed by atoms with E-state index in [0.29, 0.717) is 0 Å². The third-order valence-corrected chi connectivity index (χ3v) is 4.37. The van der Waals surface area contributed by atoms with Crippen LogP contribution >= 0.6 is 0 Å². The van der Waals surface area contributed by atoms with Crippen LogP contribution in [0.2, 0.25) is 0 Å². The Labute approximate surface area is 126 Å². The summed E-state index contributed by atoms with van der Waals surface area (Å²) < 4.78 is 11.8. The Morgan fingerprint density at radius 1 is 0.857 bits per heavy atom. The van der Waals surface area contributed by atoms with E-state index in [4.69, 9.17) is 9.31 Å². The van der Waals surface area contributed by atoms with Crippen molar-refractivity contribution in [2.24, 2.45) is 0 Å². The Morgan fingerprint density at radius 3 is 2.19 bits per heavy atom. The highest BCUT2D eigenvalue weighted by molar-refractivity contribution is 6.55. The molecule has 1 saturated heterocycles. The lowest BCUT2D eigenvalue weighted by molar-refractivity contribution is 0.00578. The second-order valence-electron chi connectivity index (χ2n) is 6.38. The average molecular weight is 278 g/mol. The van der Waals surface area contributed by atoms with Crippen LogP contribution in [0.1, 0.15) is 33.3 Å². The highest BCUT2D eigenvalue weighted by Crippen LogP contribution is 2.36. The molecule has 0 aliphatic carbocycles. The summed E-state index contributed by atoms with van der Waals surface area (Å²) in [5.41, 5.74) is 0.318. The Balaban J connectivity index is 1.92. The van der Waals surface area contributed by atoms with Crippen molar-refractivity contribution < 1.29 is 9.31 Å². The quantitative estimate of drug-likeness (QED) is 0.538. The van der Waals surface area contributed by atoms with Gasteiger partial charge in [0.2, 0.25) is 0 Å². The second-order valence-corrected chi connectivity index (χ2v) is 6.38. The van der Waals surface area contributed by atoms with Gasteiger partial charge >= 0.3 is 7.12 Å². The minimum Gasteiger partial charge on any atom is -0.392 e. The predicted molar refractivity (Wildman–Crippen MR) is 86.9 cm³/mol. The van der Waals surface area contributed by atoms with Gasteiger partial charge in [0.15, 0.2) is 0 Å². The third kappa shape index (κ3) is 2.57. The van der Waals surface area contributed by atoms with E-state index in [0.717, 1.165) is 10.9 Å². The molecule has 2 nitrogen and oxygen atoms in total. The minimum atomic E-state index is -0.478. The summed E-state index contributed by atoms with van der Waals surface area (Å²) >= 11 is 0. The summed E-state index contributed by atoms with van der Waals surface area (Å²) in [6, 6.07) is 14.4. The molecule has 2 aromatic carbocycles. The van der Waals surface area contributed by atoms with Gasteiger partial charge in [0, 0.05) is 5.56 Å². The number of rotatable bonds is 0. The zero-order valence-electron chi connectivity index (χ0n) is 12.9. The lowest BCUT2D eigenvalue weighted by Crippen LogP contribution is -2.41. The molecule has 3 rings (SSSR count). The SMILES string of the molecule is CC1(C)OB(C#Cc2cccc3ccccc23)OC1(C)C. The molecule has 1 aliphatic rings. The van der Waals surface area contributed by atoms with Crippen LogP contribution in [-0.2, 0) is 9.31 Å². The summed E-state index contributed by atoms with van der Waals surface area (Å²) in [7, 11) is -0.478. The fourth-order valence-corrected chi connectivity index (χ4v) is 2.37. The number of hydrogen-bond acceptors (Lipinski definition) is 2. The molecule has 0 aromatic heterocycles. The lowest BCUT2D eigenvalue weighted by Gasteiger charge is -2.32. The van der Waals surface area contributed by atoms with Crippen molar-refractivity contribution in [1.82, 2.24) is 0 Å². The molecule has 106 valence electrons. The molecule has 3 heteroatoms. The van der Waals surface area contributed by atoms with Crippen LogP contribution in [0.4, 0.5) is 0 Å². The Kier molecular flexibility index (Phi) is 3.32. The van der Waals surface area contributed by atoms with E-state index in [-0.39, 0.29) is 11.2 Å². The monoisotopic (exact) mass is 278 g/mol. The number of hydrogen-bond donors (Lipinski definition) is 0. The van der Waals surface area contributed by atoms with Crippen molar-refractivity contribution in [3.8, 4) is 11.7 Å². The van der Waals surface area contributed by atoms with Gasteiger partial charge in [0.05, 0.1) is 11.2 Å². The summed E-state index contributed by atoms with van der Waals surface area (Å²) in [6.45, 7) is 8.14. The molecule has 21 heavy (non-hydrogen) atoms. The van der Waals surface area contributed by atoms with Gasteiger partial charge in [0.25, 0.3) is 0 Å². The molecule has 1 fully saturated rings. The van der Waals surface area contributed by atoms with E-state index in [1.165, 1.54) is 5.39 Å². The smallest absolute Gasteiger partial charge is 0.392 e. The first kappa shape index (κ1) is 14.2. The maximum absolute atomic E-state index is 5.90. The Bertz CT molecular complexity index is 716. The van der Waals surface area contributed by atoms with Crippen LogP contribution < -0.4 is 0 Å². The normalized spacial score (nSPS) is 19.3. The first-order chi connectivity index (χ1) is 9.89. The van der Waals surface area contributed by atoms with E-state index in [9.17, 15) is 0 Å². The zero-order chi connectivity index (χ0) is 15.1. The van der Waals surface area contributed by atoms with E-state index >= 15 is 0 Å². The summed E-state index contributed by atoms with van der Waals surface area (Å²) in [5, 5.41) is 2.35. The third-order valence-electron chi connectivity index (χ3n) is 4.37. The molecule has 1 aliphatic heterocycles. The number of benzene rings is 2. The highest BCUT2D eigenvalue weighted by atomic mass is 16.7. The molecular weight excluding hydrogens is 259 g/mol. The summed E-state index contributed by atoms with van der Waals surface area (Å²) in [4.78, 5) is 0. The van der Waals surface area contributed by atoms with Crippen molar-refractivity contribution in [1.29, 1.82) is 0 Å². The van der Waals surface area contributed by atoms with E-state index < -0.39 is 7.12 Å². The van der Waals surface area contributed by atoms with Crippen LogP contribution in [0.15, 0.2) is 42.5 Å². The van der Waals surface area contributed by atoms with Crippen molar-refractivity contribution in [2.75, 3.05) is 0 Å². The van der Waals surface area contributed by atoms with Gasteiger partial charge in [-0.1, -0.05) is 48.1 Å². The molecule has 0 atom stereocenters. The van der Waals surface area contributed by atoms with Gasteiger partial charge in [-0.05, 0) is 44.5 Å². The van der Waals surface area contributed by atoms with Crippen LogP contribution in [0.3, 0.4) is 0 Å². The molecule has 2 aromatic rings. The Morgan fingerprint density at radius 2 is 1.48 bits per heavy atom. The van der Waals surface area contributed by atoms with Crippen LogP contribution in [-0.4, -0.2) is 18.3 Å². The van der Waals surface area contributed by atoms with Crippen molar-refractivity contribution in [3.05, 3.63) is 48.0 Å². The second kappa shape index (κ2) is 4.91. The van der Waals surface area contributed by atoms with Gasteiger partial charge in [-0.2, -0.15) is 0 Å². The van der Waals surface area contributed by atoms with Crippen molar-refractivity contribution >= 4 is 17.9 Å². The van der Waals surface area contributed by atoms with E-state index in [1.807, 2.05) is 52.0 Å². The van der Waals surface area contributed by atoms with Gasteiger partial charge in [-0.25, -0.2) is 0 Å². The molecule has 1 heterocycles. The van der Waals surface area contributed by atoms with Gasteiger partial charge in [0.1, 0.15) is 0 Å². The maximum Gasteiger partial charge on any atom is 0.551 e. The fraction of sp³-hybridized carbons (Fsp3) is 0.333. The standard InChI is InChI=1S/C18H19BO2/c1-17(2)18(3,4)21-19(20-17)13-12-15-10-7-9-14-8-5-6-11-16(14)15/h5-11H,1-4H3. The van der Waals surface area contributed by atoms with Crippen LogP contribution in [0.5, 0.6) is 0 Å². The largest absolute Gasteiger partial charge is 0.551 e. The first-order valence-electron chi connectivity index (χ1n) is 7.24. The van der Waals surface area contributed by atoms with E-state index in [1.54, 1.807) is 0 Å². The average Bonchev–Trinajstić information content (AvgIpc) is 2.64. The maximum atomic E-state index is 5.90. The van der Waals surface area contributed by atoms with Crippen molar-refractivity contribution in [3.63, 3.8) is 0 Å². The minimum absolute atomic E-state index is 0.342. The first-order valence-corrected chi connectivity index (χ1v) is 7.24. The molecule has 0 spiro atoms. The van der Waals surface area contributed by atoms with Crippen LogP contribution in [0.25, 0.3) is 10.8 Å². The molecule has 0 amide bonds. The predicted octanol–water partition coefficient (Wildman–Crippen LogP) is 3.82. The summed E-state index contributed by atoms with van der Waals surface area (Å²) in [6.07, 6.45) is 0. The Hall–Kier alpha value is -1.76. The molecular formula is C18H19BO2. The van der Waals surface area contributed by atoms with Crippen LogP contribution in [0, 0.1) is 11.7 Å². The molecule has 0 radical (unpaired) electrons. The highest BCUT2D eigenvalue weighted by Gasteiger charge is 2.50. The van der Waals surface area contributed by atoms with Gasteiger partial charge in [-0.15, -0.1) is 0 Å². The van der Waals surface area contributed by atoms with E-state index in [2.05, 4.69) is 29.9 Å². The zero-order valence-corrected chi connectivity index (χ0v) is 12.9. The molecule has 0 N–H and O–H groups in total. The molecule has 0 bridgehead atoms. The topological polar surface area (TPSA) is 18.5 Å². The summed E-state index contributed by atoms with van der Waals surface area (Å²) in [5.74, 6) is 6.31. The fourth-order valence-electron chi connectivity index (χ4n) is 2.37. The van der Waals surface area contributed by atoms with Gasteiger partial charge < -0.3 is 9.31 Å². The molecule has 0 saturated carbocycles. The number of fused-ring (bicyclic) bond motifs is 1. The molecule has 0 unspecified atom stereocenters. The van der Waals surface area contributed by atoms with Crippen molar-refractivity contribution in [2.45, 2.75) is 38.9 Å². The van der Waals surface area contributed by atoms with Gasteiger partial charge in [-0.3, -0.25) is 0 Å². The lowest BCUT2D eigenvalue weighted by atomic mass is 9.90.